The van der Waals surface area contributed by atoms with Crippen LogP contribution >= 0.6 is 7.82 Å². The molecule has 9 heteroatoms. The van der Waals surface area contributed by atoms with Crippen molar-refractivity contribution in [1.82, 2.24) is 0 Å². The van der Waals surface area contributed by atoms with Crippen molar-refractivity contribution >= 4 is 45.6 Å². The molecular weight excluding hydrogens is 232 g/mol. The summed E-state index contributed by atoms with van der Waals surface area (Å²) in [4.78, 5) is 21.6. The average molecular weight is 242 g/mol. The molecule has 9 heavy (non-hydrogen) atoms. The largest absolute Gasteiger partial charge is 0 e. The van der Waals surface area contributed by atoms with E-state index in [4.69, 9.17) is 19.2 Å². The monoisotopic (exact) mass is 240 g/mol. The summed E-state index contributed by atoms with van der Waals surface area (Å²) >= 11 is 0. The van der Waals surface area contributed by atoms with Gasteiger partial charge < -0.3 is 25.6 Å². The maximum atomic E-state index is 8.88. The first-order chi connectivity index (χ1) is 2.00. The number of phosphoric acid groups is 1. The van der Waals surface area contributed by atoms with Crippen LogP contribution in [-0.4, -0.2) is 63.4 Å². The summed E-state index contributed by atoms with van der Waals surface area (Å²) in [5.41, 5.74) is 0. The molecule has 0 aliphatic carbocycles. The van der Waals surface area contributed by atoms with Gasteiger partial charge in [0.15, 0.2) is 0 Å². The van der Waals surface area contributed by atoms with Gasteiger partial charge in [-0.1, -0.05) is 0 Å². The van der Waals surface area contributed by atoms with Gasteiger partial charge in [0.05, 0.1) is 0 Å². The first-order valence-electron chi connectivity index (χ1n) is 0.783. The van der Waals surface area contributed by atoms with Gasteiger partial charge in [-0.05, 0) is 0 Å². The third-order valence-electron chi connectivity index (χ3n) is 0. The Morgan fingerprint density at radius 1 is 1.00 bits per heavy atom. The molecule has 7 N–H and O–H groups in total. The smallest absolute Gasteiger partial charge is 0 e. The summed E-state index contributed by atoms with van der Waals surface area (Å²) in [5, 5.41) is 0. The standard InChI is InChI=1S/Ca.H3O4P.2H2O.Zn.2H/c;1-5(2,3)4;;;;;/h;(H3,1,2,3,4);2*1H2;;;. The molecule has 0 bridgehead atoms. The van der Waals surface area contributed by atoms with E-state index in [9.17, 15) is 0 Å². The summed E-state index contributed by atoms with van der Waals surface area (Å²) in [5.74, 6) is 0. The second-order valence-electron chi connectivity index (χ2n) is 0.513. The Morgan fingerprint density at radius 3 is 1.00 bits per heavy atom. The van der Waals surface area contributed by atoms with E-state index in [-0.39, 0.29) is 68.2 Å². The third kappa shape index (κ3) is 170. The molecule has 0 saturated heterocycles. The van der Waals surface area contributed by atoms with Crippen molar-refractivity contribution in [2.24, 2.45) is 0 Å². The van der Waals surface area contributed by atoms with Gasteiger partial charge in [-0.2, -0.15) is 0 Å². The molecule has 0 aliphatic rings. The first-order valence-corrected chi connectivity index (χ1v) is 2.35. The van der Waals surface area contributed by atoms with Crippen molar-refractivity contribution < 1.29 is 49.7 Å². The summed E-state index contributed by atoms with van der Waals surface area (Å²) in [6.45, 7) is 0. The fourth-order valence-corrected chi connectivity index (χ4v) is 0. The van der Waals surface area contributed by atoms with Crippen molar-refractivity contribution in [2.45, 2.75) is 0 Å². The van der Waals surface area contributed by atoms with Gasteiger partial charge in [-0.25, -0.2) is 4.57 Å². The van der Waals surface area contributed by atoms with Crippen LogP contribution in [-0.2, 0) is 24.0 Å². The van der Waals surface area contributed by atoms with E-state index in [0.29, 0.717) is 0 Å². The number of rotatable bonds is 0. The molecule has 0 amide bonds. The van der Waals surface area contributed by atoms with Crippen molar-refractivity contribution in [1.29, 1.82) is 0 Å². The van der Waals surface area contributed by atoms with Crippen LogP contribution < -0.4 is 0 Å². The Bertz CT molecular complexity index is 59.2. The molecule has 0 aliphatic heterocycles. The molecule has 0 aromatic heterocycles. The SMILES string of the molecule is O.O.O=P(O)(O)O.[CaH2].[Zn]. The zero-order valence-electron chi connectivity index (χ0n) is 3.90. The molecule has 0 unspecified atom stereocenters. The Balaban J connectivity index is -0.0000000133. The van der Waals surface area contributed by atoms with E-state index in [0.717, 1.165) is 0 Å². The molecule has 0 radical (unpaired) electrons. The third-order valence-corrected chi connectivity index (χ3v) is 0. The van der Waals surface area contributed by atoms with Gasteiger partial charge in [0, 0.05) is 19.5 Å². The van der Waals surface area contributed by atoms with Crippen LogP contribution in [0.5, 0.6) is 0 Å². The van der Waals surface area contributed by atoms with E-state index in [1.54, 1.807) is 0 Å². The molecule has 0 atom stereocenters. The second kappa shape index (κ2) is 12.6. The average Bonchev–Trinajstić information content (AvgIpc) is 0.722. The van der Waals surface area contributed by atoms with Crippen LogP contribution in [0.3, 0.4) is 0 Å². The molecule has 6 nitrogen and oxygen atoms in total. The summed E-state index contributed by atoms with van der Waals surface area (Å²) in [6.07, 6.45) is 0. The minimum atomic E-state index is -4.64. The molecule has 0 aromatic carbocycles. The predicted octanol–water partition coefficient (Wildman–Crippen LogP) is -3.50. The molecular formula is H9CaO6PZn. The maximum absolute atomic E-state index is 8.88. The zero-order valence-corrected chi connectivity index (χ0v) is 7.77. The van der Waals surface area contributed by atoms with Crippen LogP contribution in [0.1, 0.15) is 0 Å². The molecule has 0 saturated carbocycles. The minimum Gasteiger partial charge on any atom is 0 e. The van der Waals surface area contributed by atoms with Crippen LogP contribution in [0.4, 0.5) is 0 Å². The fourth-order valence-electron chi connectivity index (χ4n) is 0. The maximum Gasteiger partial charge on any atom is 0 e. The van der Waals surface area contributed by atoms with Gasteiger partial charge in [-0.3, -0.25) is 0 Å². The summed E-state index contributed by atoms with van der Waals surface area (Å²) in [7, 11) is -4.64. The van der Waals surface area contributed by atoms with E-state index in [1.807, 2.05) is 0 Å². The molecule has 0 aromatic rings. The molecule has 0 fully saturated rings. The van der Waals surface area contributed by atoms with Crippen LogP contribution in [0, 0.1) is 0 Å². The van der Waals surface area contributed by atoms with Crippen molar-refractivity contribution in [3.8, 4) is 0 Å². The summed E-state index contributed by atoms with van der Waals surface area (Å²) in [6, 6.07) is 0. The van der Waals surface area contributed by atoms with Gasteiger partial charge in [0.2, 0.25) is 0 Å². The Morgan fingerprint density at radius 2 is 1.00 bits per heavy atom. The van der Waals surface area contributed by atoms with Gasteiger partial charge >= 0.3 is 45.6 Å². The first kappa shape index (κ1) is 30.7. The van der Waals surface area contributed by atoms with E-state index in [1.165, 1.54) is 0 Å². The van der Waals surface area contributed by atoms with Gasteiger partial charge in [0.1, 0.15) is 0 Å². The van der Waals surface area contributed by atoms with Gasteiger partial charge in [0.25, 0.3) is 0 Å². The quantitative estimate of drug-likeness (QED) is 0.299. The van der Waals surface area contributed by atoms with Crippen molar-refractivity contribution in [2.75, 3.05) is 0 Å². The van der Waals surface area contributed by atoms with Gasteiger partial charge in [-0.15, -0.1) is 0 Å². The number of hydrogen-bond acceptors (Lipinski definition) is 1. The molecule has 54 valence electrons. The Hall–Kier alpha value is 1.91. The zero-order chi connectivity index (χ0) is 4.50. The summed E-state index contributed by atoms with van der Waals surface area (Å²) < 4.78 is 8.88. The van der Waals surface area contributed by atoms with Crippen molar-refractivity contribution in [3.63, 3.8) is 0 Å². The molecule has 0 heterocycles. The van der Waals surface area contributed by atoms with Crippen LogP contribution in [0.25, 0.3) is 0 Å². The Kier molecular flexibility index (Phi) is 42.9. The molecule has 0 rings (SSSR count). The van der Waals surface area contributed by atoms with E-state index >= 15 is 0 Å². The predicted molar refractivity (Wildman–Crippen MR) is 30.0 cm³/mol. The minimum absolute atomic E-state index is 0. The molecule has 0 spiro atoms. The normalized spacial score (nSPS) is 6.56. The van der Waals surface area contributed by atoms with E-state index < -0.39 is 7.82 Å². The fraction of sp³-hybridized carbons (Fsp3) is 0. The van der Waals surface area contributed by atoms with E-state index in [2.05, 4.69) is 0 Å². The van der Waals surface area contributed by atoms with Crippen LogP contribution in [0.15, 0.2) is 0 Å². The Labute approximate surface area is 94.3 Å². The topological polar surface area (TPSA) is 141 Å². The second-order valence-corrected chi connectivity index (χ2v) is 1.54. The van der Waals surface area contributed by atoms with Crippen LogP contribution in [0.2, 0.25) is 0 Å². The number of hydrogen-bond donors (Lipinski definition) is 3. The van der Waals surface area contributed by atoms with Crippen molar-refractivity contribution in [3.05, 3.63) is 0 Å².